The quantitative estimate of drug-likeness (QED) is 0.877. The van der Waals surface area contributed by atoms with E-state index in [0.29, 0.717) is 23.3 Å². The van der Waals surface area contributed by atoms with E-state index in [9.17, 15) is 9.59 Å². The highest BCUT2D eigenvalue weighted by atomic mass is 35.5. The van der Waals surface area contributed by atoms with Crippen LogP contribution in [0.5, 0.6) is 0 Å². The smallest absolute Gasteiger partial charge is 0.258 e. The van der Waals surface area contributed by atoms with Gasteiger partial charge in [0.15, 0.2) is 0 Å². The number of hydrogen-bond donors (Lipinski definition) is 1. The number of hydrogen-bond acceptors (Lipinski definition) is 3. The number of nitrogens with one attached hydrogen (secondary N) is 1. The van der Waals surface area contributed by atoms with Crippen molar-refractivity contribution < 1.29 is 4.79 Å². The highest BCUT2D eigenvalue weighted by molar-refractivity contribution is 6.27. The number of aromatic nitrogens is 2. The molecular weight excluding hydrogens is 301 g/mol. The molecule has 0 fully saturated rings. The van der Waals surface area contributed by atoms with Gasteiger partial charge < -0.3 is 9.88 Å². The SMILES string of the molecule is CCN(Cc1nc2ccccc2c(=O)[nH]1)C(=O)CCl.Cl. The topological polar surface area (TPSA) is 66.1 Å². The van der Waals surface area contributed by atoms with Crippen LogP contribution in [0.25, 0.3) is 10.9 Å². The van der Waals surface area contributed by atoms with Crippen molar-refractivity contribution in [1.82, 2.24) is 14.9 Å². The number of H-pyrrole nitrogens is 1. The van der Waals surface area contributed by atoms with Crippen LogP contribution in [0.2, 0.25) is 0 Å². The molecule has 2 aromatic rings. The number of aromatic amines is 1. The third-order valence-electron chi connectivity index (χ3n) is 2.85. The number of carbonyl (C=O) groups excluding carboxylic acids is 1. The Hall–Kier alpha value is -1.59. The van der Waals surface area contributed by atoms with Crippen molar-refractivity contribution in [3.8, 4) is 0 Å². The first-order valence-corrected chi connectivity index (χ1v) is 6.50. The molecule has 1 N–H and O–H groups in total. The molecule has 0 radical (unpaired) electrons. The molecule has 108 valence electrons. The average Bonchev–Trinajstić information content (AvgIpc) is 2.44. The van der Waals surface area contributed by atoms with Gasteiger partial charge in [-0.1, -0.05) is 12.1 Å². The molecule has 20 heavy (non-hydrogen) atoms. The highest BCUT2D eigenvalue weighted by Gasteiger charge is 2.12. The maximum atomic E-state index is 11.9. The summed E-state index contributed by atoms with van der Waals surface area (Å²) in [6, 6.07) is 7.09. The fourth-order valence-electron chi connectivity index (χ4n) is 1.85. The van der Waals surface area contributed by atoms with E-state index >= 15 is 0 Å². The maximum Gasteiger partial charge on any atom is 0.258 e. The third-order valence-corrected chi connectivity index (χ3v) is 3.08. The van der Waals surface area contributed by atoms with Gasteiger partial charge in [-0.25, -0.2) is 4.98 Å². The number of benzene rings is 1. The lowest BCUT2D eigenvalue weighted by atomic mass is 10.2. The van der Waals surface area contributed by atoms with E-state index in [0.717, 1.165) is 0 Å². The molecule has 0 saturated heterocycles. The van der Waals surface area contributed by atoms with Crippen molar-refractivity contribution in [2.45, 2.75) is 13.5 Å². The zero-order valence-corrected chi connectivity index (χ0v) is 12.5. The van der Waals surface area contributed by atoms with Crippen molar-refractivity contribution in [2.24, 2.45) is 0 Å². The van der Waals surface area contributed by atoms with Gasteiger partial charge in [0.2, 0.25) is 5.91 Å². The van der Waals surface area contributed by atoms with Crippen LogP contribution < -0.4 is 5.56 Å². The lowest BCUT2D eigenvalue weighted by Crippen LogP contribution is -2.32. The number of amides is 1. The molecule has 0 aliphatic heterocycles. The summed E-state index contributed by atoms with van der Waals surface area (Å²) in [4.78, 5) is 32.0. The minimum absolute atomic E-state index is 0. The van der Waals surface area contributed by atoms with Crippen LogP contribution in [0.1, 0.15) is 12.7 Å². The van der Waals surface area contributed by atoms with Crippen molar-refractivity contribution in [3.63, 3.8) is 0 Å². The predicted molar refractivity (Wildman–Crippen MR) is 81.4 cm³/mol. The van der Waals surface area contributed by atoms with Gasteiger partial charge in [0.05, 0.1) is 17.4 Å². The number of para-hydroxylation sites is 1. The number of nitrogens with zero attached hydrogens (tertiary/aromatic N) is 2. The molecule has 1 aromatic heterocycles. The first-order chi connectivity index (χ1) is 9.15. The van der Waals surface area contributed by atoms with Crippen molar-refractivity contribution in [2.75, 3.05) is 12.4 Å². The number of alkyl halides is 1. The normalized spacial score (nSPS) is 10.1. The molecule has 1 amide bonds. The fraction of sp³-hybridized carbons (Fsp3) is 0.308. The van der Waals surface area contributed by atoms with Crippen LogP contribution in [0, 0.1) is 0 Å². The van der Waals surface area contributed by atoms with Gasteiger partial charge in [-0.2, -0.15) is 0 Å². The Balaban J connectivity index is 0.00000200. The zero-order valence-electron chi connectivity index (χ0n) is 10.9. The molecule has 1 aromatic carbocycles. The highest BCUT2D eigenvalue weighted by Crippen LogP contribution is 2.07. The average molecular weight is 316 g/mol. The lowest BCUT2D eigenvalue weighted by Gasteiger charge is -2.18. The minimum Gasteiger partial charge on any atom is -0.334 e. The Morgan fingerprint density at radius 2 is 2.10 bits per heavy atom. The van der Waals surface area contributed by atoms with Crippen LogP contribution >= 0.6 is 24.0 Å². The summed E-state index contributed by atoms with van der Waals surface area (Å²) in [5.74, 6) is 0.204. The molecule has 5 nitrogen and oxygen atoms in total. The van der Waals surface area contributed by atoms with Gasteiger partial charge in [0.25, 0.3) is 5.56 Å². The molecule has 0 aliphatic rings. The largest absolute Gasteiger partial charge is 0.334 e. The Bertz CT molecular complexity index is 657. The molecular formula is C13H15Cl2N3O2. The first-order valence-electron chi connectivity index (χ1n) is 5.97. The van der Waals surface area contributed by atoms with Gasteiger partial charge in [0.1, 0.15) is 11.7 Å². The van der Waals surface area contributed by atoms with Gasteiger partial charge in [-0.3, -0.25) is 9.59 Å². The van der Waals surface area contributed by atoms with Crippen molar-refractivity contribution in [1.29, 1.82) is 0 Å². The first kappa shape index (κ1) is 16.5. The molecule has 0 spiro atoms. The zero-order chi connectivity index (χ0) is 13.8. The third kappa shape index (κ3) is 3.49. The van der Waals surface area contributed by atoms with E-state index in [1.54, 1.807) is 23.1 Å². The number of rotatable bonds is 4. The summed E-state index contributed by atoms with van der Waals surface area (Å²) in [5, 5.41) is 0.540. The molecule has 2 rings (SSSR count). The second kappa shape index (κ2) is 7.26. The minimum atomic E-state index is -0.199. The Morgan fingerprint density at radius 1 is 1.40 bits per heavy atom. The summed E-state index contributed by atoms with van der Waals surface area (Å²) < 4.78 is 0. The fourth-order valence-corrected chi connectivity index (χ4v) is 2.02. The summed E-state index contributed by atoms with van der Waals surface area (Å²) in [6.45, 7) is 2.62. The van der Waals surface area contributed by atoms with Gasteiger partial charge in [-0.15, -0.1) is 24.0 Å². The monoisotopic (exact) mass is 315 g/mol. The summed E-state index contributed by atoms with van der Waals surface area (Å²) in [6.07, 6.45) is 0. The predicted octanol–water partition coefficient (Wildman–Crippen LogP) is 1.93. The standard InChI is InChI=1S/C13H14ClN3O2.ClH/c1-2-17(12(18)7-14)8-11-15-10-6-4-3-5-9(10)13(19)16-11;/h3-6H,2,7-8H2,1H3,(H,15,16,19);1H. The summed E-state index contributed by atoms with van der Waals surface area (Å²) in [7, 11) is 0. The molecule has 7 heteroatoms. The van der Waals surface area contributed by atoms with E-state index in [2.05, 4.69) is 9.97 Å². The Labute approximate surface area is 127 Å². The number of fused-ring (bicyclic) bond motifs is 1. The van der Waals surface area contributed by atoms with Gasteiger partial charge >= 0.3 is 0 Å². The molecule has 0 saturated carbocycles. The summed E-state index contributed by atoms with van der Waals surface area (Å²) in [5.41, 5.74) is 0.422. The molecule has 0 unspecified atom stereocenters. The Kier molecular flexibility index (Phi) is 5.98. The van der Waals surface area contributed by atoms with E-state index in [-0.39, 0.29) is 36.3 Å². The number of halogens is 2. The van der Waals surface area contributed by atoms with Gasteiger partial charge in [-0.05, 0) is 19.1 Å². The van der Waals surface area contributed by atoms with Crippen LogP contribution in [0.3, 0.4) is 0 Å². The van der Waals surface area contributed by atoms with Crippen molar-refractivity contribution in [3.05, 3.63) is 40.4 Å². The lowest BCUT2D eigenvalue weighted by molar-refractivity contribution is -0.129. The van der Waals surface area contributed by atoms with E-state index in [1.807, 2.05) is 13.0 Å². The van der Waals surface area contributed by atoms with Crippen molar-refractivity contribution >= 4 is 40.8 Å². The van der Waals surface area contributed by atoms with Crippen LogP contribution in [-0.2, 0) is 11.3 Å². The Morgan fingerprint density at radius 3 is 2.75 bits per heavy atom. The van der Waals surface area contributed by atoms with E-state index in [1.165, 1.54) is 0 Å². The molecule has 0 bridgehead atoms. The van der Waals surface area contributed by atoms with Crippen LogP contribution in [0.15, 0.2) is 29.1 Å². The molecule has 0 atom stereocenters. The van der Waals surface area contributed by atoms with Crippen LogP contribution in [-0.4, -0.2) is 33.2 Å². The van der Waals surface area contributed by atoms with Crippen LogP contribution in [0.4, 0.5) is 0 Å². The van der Waals surface area contributed by atoms with E-state index in [4.69, 9.17) is 11.6 Å². The molecule has 1 heterocycles. The second-order valence-corrected chi connectivity index (χ2v) is 4.34. The summed E-state index contributed by atoms with van der Waals surface area (Å²) >= 11 is 5.53. The van der Waals surface area contributed by atoms with Gasteiger partial charge in [0, 0.05) is 6.54 Å². The molecule has 0 aliphatic carbocycles. The second-order valence-electron chi connectivity index (χ2n) is 4.07. The maximum absolute atomic E-state index is 11.9. The van der Waals surface area contributed by atoms with E-state index < -0.39 is 0 Å². The number of carbonyl (C=O) groups is 1.